The number of para-hydroxylation sites is 1. The molecule has 0 fully saturated rings. The molecule has 10 heteroatoms. The van der Waals surface area contributed by atoms with Gasteiger partial charge in [-0.15, -0.1) is 0 Å². The quantitative estimate of drug-likeness (QED) is 0.329. The number of benzene rings is 2. The number of nitrogens with zero attached hydrogens (tertiary/aromatic N) is 4. The van der Waals surface area contributed by atoms with Crippen molar-refractivity contribution in [2.75, 3.05) is 5.32 Å². The summed E-state index contributed by atoms with van der Waals surface area (Å²) >= 11 is 5.78. The smallest absolute Gasteiger partial charge is 0.373 e. The number of halogens is 2. The van der Waals surface area contributed by atoms with Crippen LogP contribution in [-0.4, -0.2) is 19.9 Å². The Morgan fingerprint density at radius 3 is 2.77 bits per heavy atom. The van der Waals surface area contributed by atoms with Crippen LogP contribution in [0.15, 0.2) is 54.9 Å². The number of hydrogen-bond acceptors (Lipinski definition) is 7. The number of fused-ring (bicyclic) bond motifs is 1. The first-order chi connectivity index (χ1) is 14.4. The van der Waals surface area contributed by atoms with Crippen molar-refractivity contribution in [2.45, 2.75) is 6.92 Å². The highest BCUT2D eigenvalue weighted by Crippen LogP contribution is 2.37. The zero-order valence-electron chi connectivity index (χ0n) is 15.5. The van der Waals surface area contributed by atoms with Crippen LogP contribution in [0.5, 0.6) is 11.6 Å². The topological polar surface area (TPSA) is 103 Å². The Hall–Kier alpha value is -3.85. The van der Waals surface area contributed by atoms with Gasteiger partial charge in [-0.1, -0.05) is 29.8 Å². The zero-order chi connectivity index (χ0) is 21.3. The molecular formula is C20H13ClFN5O3. The van der Waals surface area contributed by atoms with Gasteiger partial charge in [0.1, 0.15) is 17.7 Å². The second-order valence-corrected chi connectivity index (χ2v) is 6.68. The number of aromatic nitrogens is 3. The summed E-state index contributed by atoms with van der Waals surface area (Å²) in [5.41, 5.74) is 1.15. The third kappa shape index (κ3) is 3.83. The average molecular weight is 426 g/mol. The molecule has 0 aliphatic rings. The first kappa shape index (κ1) is 19.5. The number of nitrogens with one attached hydrogen (secondary N) is 1. The average Bonchev–Trinajstić information content (AvgIpc) is 2.71. The molecule has 0 unspecified atom stereocenters. The van der Waals surface area contributed by atoms with Crippen molar-refractivity contribution in [2.24, 2.45) is 0 Å². The molecule has 0 radical (unpaired) electrons. The number of ether oxygens (including phenoxy) is 1. The Morgan fingerprint density at radius 1 is 1.17 bits per heavy atom. The summed E-state index contributed by atoms with van der Waals surface area (Å²) in [6, 6.07) is 12.8. The van der Waals surface area contributed by atoms with E-state index in [2.05, 4.69) is 20.3 Å². The lowest BCUT2D eigenvalue weighted by Gasteiger charge is -2.11. The second kappa shape index (κ2) is 7.88. The second-order valence-electron chi connectivity index (χ2n) is 6.27. The Kier molecular flexibility index (Phi) is 5.11. The fraction of sp³-hybridized carbons (Fsp3) is 0.0500. The highest BCUT2D eigenvalue weighted by molar-refractivity contribution is 6.31. The van der Waals surface area contributed by atoms with E-state index in [1.807, 2.05) is 25.1 Å². The molecule has 0 amide bonds. The van der Waals surface area contributed by atoms with Crippen molar-refractivity contribution in [3.8, 4) is 11.6 Å². The van der Waals surface area contributed by atoms with Crippen molar-refractivity contribution in [3.63, 3.8) is 0 Å². The van der Waals surface area contributed by atoms with Crippen LogP contribution >= 0.6 is 11.6 Å². The van der Waals surface area contributed by atoms with Crippen LogP contribution in [-0.2, 0) is 0 Å². The molecule has 0 aliphatic heterocycles. The predicted octanol–water partition coefficient (Wildman–Crippen LogP) is 5.57. The lowest BCUT2D eigenvalue weighted by atomic mass is 10.2. The number of aryl methyl sites for hydroxylation is 1. The molecule has 4 aromatic rings. The lowest BCUT2D eigenvalue weighted by Crippen LogP contribution is -2.04. The maximum atomic E-state index is 13.4. The molecule has 0 bridgehead atoms. The van der Waals surface area contributed by atoms with E-state index < -0.39 is 16.4 Å². The zero-order valence-corrected chi connectivity index (χ0v) is 16.2. The Balaban J connectivity index is 1.76. The summed E-state index contributed by atoms with van der Waals surface area (Å²) in [5.74, 6) is -0.686. The highest BCUT2D eigenvalue weighted by Gasteiger charge is 2.26. The molecule has 4 rings (SSSR count). The fourth-order valence-electron chi connectivity index (χ4n) is 2.81. The van der Waals surface area contributed by atoms with E-state index in [9.17, 15) is 14.5 Å². The van der Waals surface area contributed by atoms with E-state index in [0.717, 1.165) is 23.5 Å². The van der Waals surface area contributed by atoms with Crippen molar-refractivity contribution in [1.29, 1.82) is 0 Å². The lowest BCUT2D eigenvalue weighted by molar-refractivity contribution is -0.385. The van der Waals surface area contributed by atoms with Crippen LogP contribution in [0.4, 0.5) is 21.6 Å². The largest absolute Gasteiger partial charge is 0.431 e. The minimum atomic E-state index is -0.660. The summed E-state index contributed by atoms with van der Waals surface area (Å²) in [7, 11) is 0. The molecular weight excluding hydrogens is 413 g/mol. The van der Waals surface area contributed by atoms with Crippen LogP contribution in [0.25, 0.3) is 10.9 Å². The van der Waals surface area contributed by atoms with E-state index in [-0.39, 0.29) is 16.7 Å². The van der Waals surface area contributed by atoms with Crippen molar-refractivity contribution >= 4 is 39.7 Å². The van der Waals surface area contributed by atoms with Gasteiger partial charge in [-0.2, -0.15) is 4.98 Å². The summed E-state index contributed by atoms with van der Waals surface area (Å²) in [4.78, 5) is 23.4. The van der Waals surface area contributed by atoms with Crippen molar-refractivity contribution in [1.82, 2.24) is 15.0 Å². The Bertz CT molecular complexity index is 1280. The number of pyridine rings is 1. The number of hydrogen-bond donors (Lipinski definition) is 1. The van der Waals surface area contributed by atoms with Gasteiger partial charge in [0.2, 0.25) is 5.82 Å². The SMILES string of the molecule is Cc1ccc2cccc(Oc3ncnc(Nc4ccc(F)c(Cl)c4)c3[N+](=O)[O-])c2n1. The van der Waals surface area contributed by atoms with E-state index in [4.69, 9.17) is 16.3 Å². The van der Waals surface area contributed by atoms with Crippen molar-refractivity contribution in [3.05, 3.63) is 81.5 Å². The monoisotopic (exact) mass is 425 g/mol. The van der Waals surface area contributed by atoms with Gasteiger partial charge in [-0.3, -0.25) is 10.1 Å². The molecule has 2 aromatic heterocycles. The Labute approximate surface area is 174 Å². The number of rotatable bonds is 5. The minimum absolute atomic E-state index is 0.128. The van der Waals surface area contributed by atoms with E-state index in [1.54, 1.807) is 12.1 Å². The molecule has 1 N–H and O–H groups in total. The highest BCUT2D eigenvalue weighted by atomic mass is 35.5. The van der Waals surface area contributed by atoms with Gasteiger partial charge >= 0.3 is 11.6 Å². The molecule has 2 heterocycles. The van der Waals surface area contributed by atoms with Crippen LogP contribution in [0, 0.1) is 22.9 Å². The maximum absolute atomic E-state index is 13.4. The van der Waals surface area contributed by atoms with Crippen LogP contribution in [0.1, 0.15) is 5.69 Å². The van der Waals surface area contributed by atoms with Gasteiger partial charge in [0.25, 0.3) is 0 Å². The molecule has 30 heavy (non-hydrogen) atoms. The fourth-order valence-corrected chi connectivity index (χ4v) is 2.99. The van der Waals surface area contributed by atoms with Crippen LogP contribution in [0.2, 0.25) is 5.02 Å². The first-order valence-corrected chi connectivity index (χ1v) is 9.06. The third-order valence-corrected chi connectivity index (χ3v) is 4.47. The normalized spacial score (nSPS) is 10.8. The van der Waals surface area contributed by atoms with E-state index in [0.29, 0.717) is 17.0 Å². The first-order valence-electron chi connectivity index (χ1n) is 8.68. The molecule has 0 atom stereocenters. The summed E-state index contributed by atoms with van der Waals surface area (Å²) in [6.07, 6.45) is 1.12. The summed E-state index contributed by atoms with van der Waals surface area (Å²) < 4.78 is 19.2. The molecule has 0 saturated heterocycles. The van der Waals surface area contributed by atoms with Gasteiger partial charge < -0.3 is 10.1 Å². The number of nitro groups is 1. The maximum Gasteiger partial charge on any atom is 0.373 e. The van der Waals surface area contributed by atoms with Gasteiger partial charge in [0.15, 0.2) is 5.75 Å². The van der Waals surface area contributed by atoms with Crippen molar-refractivity contribution < 1.29 is 14.1 Å². The minimum Gasteiger partial charge on any atom is -0.431 e. The Morgan fingerprint density at radius 2 is 2.00 bits per heavy atom. The molecule has 150 valence electrons. The third-order valence-electron chi connectivity index (χ3n) is 4.18. The summed E-state index contributed by atoms with van der Waals surface area (Å²) in [5, 5.41) is 15.2. The molecule has 0 aliphatic carbocycles. The van der Waals surface area contributed by atoms with E-state index in [1.165, 1.54) is 12.1 Å². The van der Waals surface area contributed by atoms with Gasteiger partial charge in [-0.25, -0.2) is 14.4 Å². The van der Waals surface area contributed by atoms with Crippen LogP contribution < -0.4 is 10.1 Å². The molecule has 8 nitrogen and oxygen atoms in total. The van der Waals surface area contributed by atoms with Gasteiger partial charge in [0, 0.05) is 16.8 Å². The van der Waals surface area contributed by atoms with Crippen LogP contribution in [0.3, 0.4) is 0 Å². The van der Waals surface area contributed by atoms with Gasteiger partial charge in [0.05, 0.1) is 9.95 Å². The molecule has 0 saturated carbocycles. The molecule has 2 aromatic carbocycles. The standard InChI is InChI=1S/C20H13ClFN5O3/c1-11-5-6-12-3-2-4-16(17(12)25-11)30-20-18(27(28)29)19(23-10-24-20)26-13-7-8-15(22)14(21)9-13/h2-10H,1H3,(H,23,24,26). The van der Waals surface area contributed by atoms with E-state index >= 15 is 0 Å². The van der Waals surface area contributed by atoms with Gasteiger partial charge in [-0.05, 0) is 37.3 Å². The predicted molar refractivity (Wildman–Crippen MR) is 110 cm³/mol. The summed E-state index contributed by atoms with van der Waals surface area (Å²) in [6.45, 7) is 1.83. The molecule has 0 spiro atoms. The number of anilines is 2.